The number of guanidine groups is 1. The smallest absolute Gasteiger partial charge is 0.191 e. The van der Waals surface area contributed by atoms with Gasteiger partial charge in [-0.2, -0.15) is 0 Å². The molecule has 0 bridgehead atoms. The molecule has 5 nitrogen and oxygen atoms in total. The molecule has 1 aromatic rings. The van der Waals surface area contributed by atoms with Crippen molar-refractivity contribution >= 4 is 29.9 Å². The number of benzene rings is 1. The molecule has 2 N–H and O–H groups in total. The molecule has 1 aliphatic heterocycles. The van der Waals surface area contributed by atoms with Crippen LogP contribution in [0.5, 0.6) is 0 Å². The summed E-state index contributed by atoms with van der Waals surface area (Å²) in [5, 5.41) is 6.47. The van der Waals surface area contributed by atoms with Crippen molar-refractivity contribution in [1.29, 1.82) is 0 Å². The third-order valence-electron chi connectivity index (χ3n) is 4.12. The molecule has 1 saturated heterocycles. The van der Waals surface area contributed by atoms with E-state index in [1.807, 2.05) is 6.08 Å². The molecule has 0 radical (unpaired) electrons. The van der Waals surface area contributed by atoms with Gasteiger partial charge in [0.1, 0.15) is 0 Å². The van der Waals surface area contributed by atoms with Gasteiger partial charge >= 0.3 is 0 Å². The van der Waals surface area contributed by atoms with Crippen LogP contribution in [0.1, 0.15) is 11.1 Å². The van der Waals surface area contributed by atoms with Gasteiger partial charge in [0.25, 0.3) is 0 Å². The Balaban J connectivity index is 0.00000288. The van der Waals surface area contributed by atoms with Gasteiger partial charge in [-0.3, -0.25) is 9.89 Å². The quantitative estimate of drug-likeness (QED) is 0.305. The van der Waals surface area contributed by atoms with Gasteiger partial charge in [0.05, 0.1) is 0 Å². The van der Waals surface area contributed by atoms with E-state index in [4.69, 9.17) is 0 Å². The predicted molar refractivity (Wildman–Crippen MR) is 113 cm³/mol. The summed E-state index contributed by atoms with van der Waals surface area (Å²) < 4.78 is 0. The number of nitrogens with one attached hydrogen (secondary N) is 2. The fourth-order valence-corrected chi connectivity index (χ4v) is 2.60. The molecule has 0 aromatic heterocycles. The molecule has 0 atom stereocenters. The lowest BCUT2D eigenvalue weighted by atomic mass is 10.1. The molecule has 0 unspecified atom stereocenters. The van der Waals surface area contributed by atoms with E-state index >= 15 is 0 Å². The second kappa shape index (κ2) is 11.4. The number of piperazine rings is 1. The maximum atomic E-state index is 4.18. The van der Waals surface area contributed by atoms with Crippen molar-refractivity contribution in [3.63, 3.8) is 0 Å². The SMILES string of the molecule is C=CCNC(=NC)NCc1ccc(CN2CCN(C)CC2)cc1.I. The topological polar surface area (TPSA) is 42.9 Å². The summed E-state index contributed by atoms with van der Waals surface area (Å²) in [6.45, 7) is 10.9. The Morgan fingerprint density at radius 1 is 1.12 bits per heavy atom. The van der Waals surface area contributed by atoms with Crippen LogP contribution < -0.4 is 10.6 Å². The summed E-state index contributed by atoms with van der Waals surface area (Å²) in [5.41, 5.74) is 2.64. The van der Waals surface area contributed by atoms with Crippen LogP contribution >= 0.6 is 24.0 Å². The van der Waals surface area contributed by atoms with Crippen LogP contribution in [0.2, 0.25) is 0 Å². The maximum absolute atomic E-state index is 4.18. The van der Waals surface area contributed by atoms with E-state index in [9.17, 15) is 0 Å². The molecule has 2 rings (SSSR count). The Hall–Kier alpha value is -1.12. The third kappa shape index (κ3) is 7.19. The zero-order valence-electron chi connectivity index (χ0n) is 14.8. The second-order valence-corrected chi connectivity index (χ2v) is 5.99. The lowest BCUT2D eigenvalue weighted by Crippen LogP contribution is -2.43. The maximum Gasteiger partial charge on any atom is 0.191 e. The van der Waals surface area contributed by atoms with Crippen LogP contribution in [-0.2, 0) is 13.1 Å². The molecule has 1 heterocycles. The second-order valence-electron chi connectivity index (χ2n) is 5.99. The van der Waals surface area contributed by atoms with Gasteiger partial charge in [0.2, 0.25) is 0 Å². The van der Waals surface area contributed by atoms with Gasteiger partial charge in [-0.15, -0.1) is 30.6 Å². The minimum atomic E-state index is 0. The highest BCUT2D eigenvalue weighted by Gasteiger charge is 2.13. The highest BCUT2D eigenvalue weighted by atomic mass is 127. The Morgan fingerprint density at radius 2 is 1.75 bits per heavy atom. The molecular weight excluding hydrogens is 413 g/mol. The summed E-state index contributed by atoms with van der Waals surface area (Å²) in [5.74, 6) is 0.798. The summed E-state index contributed by atoms with van der Waals surface area (Å²) >= 11 is 0. The number of halogens is 1. The molecule has 1 aliphatic rings. The molecule has 0 saturated carbocycles. The van der Waals surface area contributed by atoms with E-state index in [1.165, 1.54) is 24.2 Å². The van der Waals surface area contributed by atoms with Crippen molar-refractivity contribution in [3.8, 4) is 0 Å². The van der Waals surface area contributed by atoms with E-state index in [0.717, 1.165) is 32.1 Å². The molecule has 1 aromatic carbocycles. The van der Waals surface area contributed by atoms with Crippen LogP contribution in [0, 0.1) is 0 Å². The minimum Gasteiger partial charge on any atom is -0.353 e. The molecule has 0 spiro atoms. The fourth-order valence-electron chi connectivity index (χ4n) is 2.60. The molecule has 134 valence electrons. The highest BCUT2D eigenvalue weighted by molar-refractivity contribution is 14.0. The van der Waals surface area contributed by atoms with E-state index in [2.05, 4.69) is 63.3 Å². The summed E-state index contributed by atoms with van der Waals surface area (Å²) in [6, 6.07) is 8.85. The van der Waals surface area contributed by atoms with Crippen molar-refractivity contribution in [2.45, 2.75) is 13.1 Å². The summed E-state index contributed by atoms with van der Waals surface area (Å²) in [6.07, 6.45) is 1.82. The van der Waals surface area contributed by atoms with Crippen LogP contribution in [0.3, 0.4) is 0 Å². The van der Waals surface area contributed by atoms with E-state index in [0.29, 0.717) is 6.54 Å². The van der Waals surface area contributed by atoms with Crippen molar-refractivity contribution < 1.29 is 0 Å². The third-order valence-corrected chi connectivity index (χ3v) is 4.12. The number of aliphatic imine (C=N–C) groups is 1. The van der Waals surface area contributed by atoms with E-state index in [-0.39, 0.29) is 24.0 Å². The van der Waals surface area contributed by atoms with Gasteiger partial charge < -0.3 is 15.5 Å². The molecular formula is C18H30IN5. The van der Waals surface area contributed by atoms with Gasteiger partial charge in [-0.1, -0.05) is 30.3 Å². The molecule has 24 heavy (non-hydrogen) atoms. The first kappa shape index (κ1) is 20.9. The zero-order valence-corrected chi connectivity index (χ0v) is 17.1. The number of nitrogens with zero attached hydrogens (tertiary/aromatic N) is 3. The number of hydrogen-bond donors (Lipinski definition) is 2. The molecule has 1 fully saturated rings. The molecule has 6 heteroatoms. The van der Waals surface area contributed by atoms with Crippen LogP contribution in [0.25, 0.3) is 0 Å². The minimum absolute atomic E-state index is 0. The van der Waals surface area contributed by atoms with E-state index in [1.54, 1.807) is 7.05 Å². The monoisotopic (exact) mass is 443 g/mol. The summed E-state index contributed by atoms with van der Waals surface area (Å²) in [4.78, 5) is 9.09. The Kier molecular flexibility index (Phi) is 9.97. The number of likely N-dealkylation sites (N-methyl/N-ethyl adjacent to an activating group) is 1. The first-order valence-corrected chi connectivity index (χ1v) is 8.25. The average molecular weight is 443 g/mol. The van der Waals surface area contributed by atoms with Crippen molar-refractivity contribution in [2.24, 2.45) is 4.99 Å². The first-order valence-electron chi connectivity index (χ1n) is 8.25. The fraction of sp³-hybridized carbons (Fsp3) is 0.500. The first-order chi connectivity index (χ1) is 11.2. The predicted octanol–water partition coefficient (Wildman–Crippen LogP) is 1.90. The highest BCUT2D eigenvalue weighted by Crippen LogP contribution is 2.09. The average Bonchev–Trinajstić information content (AvgIpc) is 2.58. The van der Waals surface area contributed by atoms with Crippen LogP contribution in [0.4, 0.5) is 0 Å². The Labute approximate surface area is 163 Å². The van der Waals surface area contributed by atoms with Crippen LogP contribution in [0.15, 0.2) is 41.9 Å². The Bertz CT molecular complexity index is 507. The van der Waals surface area contributed by atoms with Gasteiger partial charge in [-0.25, -0.2) is 0 Å². The van der Waals surface area contributed by atoms with Gasteiger partial charge in [-0.05, 0) is 18.2 Å². The van der Waals surface area contributed by atoms with Crippen molar-refractivity contribution in [2.75, 3.05) is 46.8 Å². The van der Waals surface area contributed by atoms with Gasteiger partial charge in [0, 0.05) is 52.9 Å². The lowest BCUT2D eigenvalue weighted by molar-refractivity contribution is 0.148. The Morgan fingerprint density at radius 3 is 2.33 bits per heavy atom. The van der Waals surface area contributed by atoms with Crippen molar-refractivity contribution in [3.05, 3.63) is 48.0 Å². The zero-order chi connectivity index (χ0) is 16.5. The lowest BCUT2D eigenvalue weighted by Gasteiger charge is -2.32. The van der Waals surface area contributed by atoms with E-state index < -0.39 is 0 Å². The van der Waals surface area contributed by atoms with Gasteiger partial charge in [0.15, 0.2) is 5.96 Å². The van der Waals surface area contributed by atoms with Crippen LogP contribution in [-0.4, -0.2) is 62.6 Å². The molecule has 0 aliphatic carbocycles. The molecule has 0 amide bonds. The normalized spacial score (nSPS) is 16.3. The van der Waals surface area contributed by atoms with Crippen molar-refractivity contribution in [1.82, 2.24) is 20.4 Å². The standard InChI is InChI=1S/C18H29N5.HI/c1-4-9-20-18(19-2)21-14-16-5-7-17(8-6-16)15-23-12-10-22(3)11-13-23;/h4-8H,1,9-15H2,2-3H3,(H2,19,20,21);1H. The largest absolute Gasteiger partial charge is 0.353 e. The number of hydrogen-bond acceptors (Lipinski definition) is 3. The number of rotatable bonds is 6. The summed E-state index contributed by atoms with van der Waals surface area (Å²) in [7, 11) is 3.97.